The van der Waals surface area contributed by atoms with Crippen LogP contribution in [0.25, 0.3) is 20.2 Å². The smallest absolute Gasteiger partial charge is 0.195 e. The van der Waals surface area contributed by atoms with E-state index in [9.17, 15) is 4.79 Å². The highest BCUT2D eigenvalue weighted by atomic mass is 32.1. The van der Waals surface area contributed by atoms with E-state index in [4.69, 9.17) is 4.74 Å². The molecule has 0 saturated heterocycles. The number of rotatable bonds is 3. The Hall–Kier alpha value is -1.91. The molecule has 1 heterocycles. The van der Waals surface area contributed by atoms with Gasteiger partial charge in [-0.15, -0.1) is 11.3 Å². The molecular weight excluding hydrogens is 270 g/mol. The van der Waals surface area contributed by atoms with Gasteiger partial charge in [0.2, 0.25) is 0 Å². The van der Waals surface area contributed by atoms with Crippen molar-refractivity contribution in [3.63, 3.8) is 0 Å². The van der Waals surface area contributed by atoms with E-state index in [-0.39, 0.29) is 5.43 Å². The lowest BCUT2D eigenvalue weighted by molar-refractivity contribution is 0.179. The molecule has 0 radical (unpaired) electrons. The van der Waals surface area contributed by atoms with Crippen molar-refractivity contribution in [2.75, 3.05) is 20.8 Å². The maximum atomic E-state index is 12.4. The molecule has 3 rings (SSSR count). The van der Waals surface area contributed by atoms with Gasteiger partial charge in [-0.1, -0.05) is 12.1 Å². The van der Waals surface area contributed by atoms with E-state index in [1.165, 1.54) is 0 Å². The van der Waals surface area contributed by atoms with Gasteiger partial charge in [0.05, 0.1) is 0 Å². The van der Waals surface area contributed by atoms with E-state index in [0.717, 1.165) is 25.9 Å². The second-order valence-electron chi connectivity index (χ2n) is 4.94. The Morgan fingerprint density at radius 2 is 1.80 bits per heavy atom. The van der Waals surface area contributed by atoms with Crippen molar-refractivity contribution in [1.82, 2.24) is 4.90 Å². The molecule has 3 aromatic rings. The van der Waals surface area contributed by atoms with Gasteiger partial charge in [0, 0.05) is 20.2 Å². The lowest BCUT2D eigenvalue weighted by Gasteiger charge is -2.12. The fraction of sp³-hybridized carbons (Fsp3) is 0.188. The minimum absolute atomic E-state index is 0.0912. The van der Waals surface area contributed by atoms with Gasteiger partial charge in [0.25, 0.3) is 0 Å². The Morgan fingerprint density at radius 1 is 1.05 bits per heavy atom. The molecule has 0 saturated carbocycles. The Kier molecular flexibility index (Phi) is 3.42. The first-order chi connectivity index (χ1) is 9.65. The molecule has 0 atom stereocenters. The SMILES string of the molecule is CN(C)COc1ccc2c(=O)c3ccccc3sc2c1. The van der Waals surface area contributed by atoms with Crippen molar-refractivity contribution in [3.05, 3.63) is 52.7 Å². The average molecular weight is 285 g/mol. The van der Waals surface area contributed by atoms with Gasteiger partial charge in [-0.05, 0) is 44.4 Å². The standard InChI is InChI=1S/C16H15NO2S/c1-17(2)10-19-11-7-8-13-15(9-11)20-14-6-4-3-5-12(14)16(13)18/h3-9H,10H2,1-2H3. The molecule has 3 nitrogen and oxygen atoms in total. The van der Waals surface area contributed by atoms with Crippen molar-refractivity contribution in [1.29, 1.82) is 0 Å². The van der Waals surface area contributed by atoms with Gasteiger partial charge in [-0.3, -0.25) is 9.69 Å². The third-order valence-electron chi connectivity index (χ3n) is 3.04. The molecule has 4 heteroatoms. The van der Waals surface area contributed by atoms with Crippen LogP contribution in [0.2, 0.25) is 0 Å². The molecule has 2 aromatic carbocycles. The van der Waals surface area contributed by atoms with Crippen molar-refractivity contribution in [2.24, 2.45) is 0 Å². The van der Waals surface area contributed by atoms with E-state index in [1.54, 1.807) is 11.3 Å². The molecule has 0 aliphatic rings. The Bertz CT molecular complexity index is 823. The van der Waals surface area contributed by atoms with Crippen LogP contribution in [0, 0.1) is 0 Å². The summed E-state index contributed by atoms with van der Waals surface area (Å²) in [6.45, 7) is 0.522. The van der Waals surface area contributed by atoms with Gasteiger partial charge >= 0.3 is 0 Å². The third kappa shape index (κ3) is 2.40. The number of fused-ring (bicyclic) bond motifs is 2. The summed E-state index contributed by atoms with van der Waals surface area (Å²) in [6.07, 6.45) is 0. The zero-order chi connectivity index (χ0) is 14.1. The monoisotopic (exact) mass is 285 g/mol. The van der Waals surface area contributed by atoms with Crippen molar-refractivity contribution >= 4 is 31.5 Å². The first-order valence-electron chi connectivity index (χ1n) is 6.38. The first-order valence-corrected chi connectivity index (χ1v) is 7.20. The van der Waals surface area contributed by atoms with Gasteiger partial charge < -0.3 is 4.74 Å². The van der Waals surface area contributed by atoms with Crippen molar-refractivity contribution in [2.45, 2.75) is 0 Å². The molecule has 20 heavy (non-hydrogen) atoms. The number of nitrogens with zero attached hydrogens (tertiary/aromatic N) is 1. The predicted octanol–water partition coefficient (Wildman–Crippen LogP) is 3.31. The average Bonchev–Trinajstić information content (AvgIpc) is 2.45. The van der Waals surface area contributed by atoms with E-state index in [0.29, 0.717) is 6.73 Å². The Morgan fingerprint density at radius 3 is 2.60 bits per heavy atom. The van der Waals surface area contributed by atoms with Crippen LogP contribution in [0.1, 0.15) is 0 Å². The number of benzene rings is 2. The summed E-state index contributed by atoms with van der Waals surface area (Å²) in [5.41, 5.74) is 0.0912. The molecular formula is C16H15NO2S. The molecule has 0 N–H and O–H groups in total. The molecule has 0 aliphatic carbocycles. The lowest BCUT2D eigenvalue weighted by atomic mass is 10.2. The number of hydrogen-bond acceptors (Lipinski definition) is 4. The molecule has 0 amide bonds. The first kappa shape index (κ1) is 13.1. The number of ether oxygens (including phenoxy) is 1. The molecule has 0 bridgehead atoms. The normalized spacial score (nSPS) is 11.3. The quantitative estimate of drug-likeness (QED) is 0.546. The maximum Gasteiger partial charge on any atom is 0.195 e. The Labute approximate surface area is 121 Å². The van der Waals surface area contributed by atoms with Gasteiger partial charge in [-0.2, -0.15) is 0 Å². The minimum atomic E-state index is 0.0912. The topological polar surface area (TPSA) is 29.5 Å². The third-order valence-corrected chi connectivity index (χ3v) is 4.17. The number of hydrogen-bond donors (Lipinski definition) is 0. The fourth-order valence-electron chi connectivity index (χ4n) is 2.07. The molecule has 102 valence electrons. The van der Waals surface area contributed by atoms with Crippen LogP contribution in [0.4, 0.5) is 0 Å². The van der Waals surface area contributed by atoms with Crippen LogP contribution in [0.5, 0.6) is 5.75 Å². The molecule has 0 spiro atoms. The van der Waals surface area contributed by atoms with Crippen molar-refractivity contribution < 1.29 is 4.74 Å². The van der Waals surface area contributed by atoms with Crippen LogP contribution >= 0.6 is 11.3 Å². The van der Waals surface area contributed by atoms with E-state index < -0.39 is 0 Å². The summed E-state index contributed by atoms with van der Waals surface area (Å²) in [4.78, 5) is 14.4. The van der Waals surface area contributed by atoms with Crippen LogP contribution in [0.15, 0.2) is 47.3 Å². The summed E-state index contributed by atoms with van der Waals surface area (Å²) in [7, 11) is 3.90. The van der Waals surface area contributed by atoms with Gasteiger partial charge in [0.1, 0.15) is 12.5 Å². The van der Waals surface area contributed by atoms with Gasteiger partial charge in [-0.25, -0.2) is 0 Å². The van der Waals surface area contributed by atoms with Gasteiger partial charge in [0.15, 0.2) is 5.43 Å². The fourth-order valence-corrected chi connectivity index (χ4v) is 3.17. The van der Waals surface area contributed by atoms with Crippen LogP contribution in [-0.4, -0.2) is 25.7 Å². The van der Waals surface area contributed by atoms with Crippen LogP contribution in [0.3, 0.4) is 0 Å². The molecule has 1 aromatic heterocycles. The minimum Gasteiger partial charge on any atom is -0.478 e. The zero-order valence-corrected chi connectivity index (χ0v) is 12.2. The molecule has 0 aliphatic heterocycles. The summed E-state index contributed by atoms with van der Waals surface area (Å²) >= 11 is 1.62. The zero-order valence-electron chi connectivity index (χ0n) is 11.4. The van der Waals surface area contributed by atoms with E-state index in [2.05, 4.69) is 0 Å². The van der Waals surface area contributed by atoms with Crippen LogP contribution in [-0.2, 0) is 0 Å². The second kappa shape index (κ2) is 5.23. The summed E-state index contributed by atoms with van der Waals surface area (Å²) < 4.78 is 7.63. The highest BCUT2D eigenvalue weighted by molar-refractivity contribution is 7.24. The molecule has 0 fully saturated rings. The summed E-state index contributed by atoms with van der Waals surface area (Å²) in [5, 5.41) is 1.54. The maximum absolute atomic E-state index is 12.4. The van der Waals surface area contributed by atoms with E-state index in [1.807, 2.05) is 61.5 Å². The Balaban J connectivity index is 2.14. The summed E-state index contributed by atoms with van der Waals surface area (Å²) in [5.74, 6) is 0.789. The van der Waals surface area contributed by atoms with E-state index >= 15 is 0 Å². The largest absolute Gasteiger partial charge is 0.478 e. The second-order valence-corrected chi connectivity index (χ2v) is 6.02. The highest BCUT2D eigenvalue weighted by Crippen LogP contribution is 2.27. The van der Waals surface area contributed by atoms with Crippen molar-refractivity contribution in [3.8, 4) is 5.75 Å². The summed E-state index contributed by atoms with van der Waals surface area (Å²) in [6, 6.07) is 13.4. The lowest BCUT2D eigenvalue weighted by Crippen LogP contribution is -2.18. The van der Waals surface area contributed by atoms with Crippen LogP contribution < -0.4 is 10.2 Å². The molecule has 0 unspecified atom stereocenters. The predicted molar refractivity (Wildman–Crippen MR) is 84.8 cm³/mol. The highest BCUT2D eigenvalue weighted by Gasteiger charge is 2.06.